The van der Waals surface area contributed by atoms with Crippen LogP contribution in [0.1, 0.15) is 144 Å². The molecule has 5 aromatic carbocycles. The Kier molecular flexibility index (Phi) is 17.9. The van der Waals surface area contributed by atoms with Gasteiger partial charge >= 0.3 is 0 Å². The van der Waals surface area contributed by atoms with Gasteiger partial charge in [0.2, 0.25) is 0 Å². The average molecular weight is 1450 g/mol. The third-order valence-electron chi connectivity index (χ3n) is 20.5. The van der Waals surface area contributed by atoms with Gasteiger partial charge in [-0.25, -0.2) is 13.8 Å². The maximum absolute atomic E-state index is 13.3. The van der Waals surface area contributed by atoms with E-state index in [-0.39, 0.29) is 11.6 Å². The highest BCUT2D eigenvalue weighted by Crippen LogP contribution is 2.41. The summed E-state index contributed by atoms with van der Waals surface area (Å²) >= 11 is 0. The van der Waals surface area contributed by atoms with Crippen molar-refractivity contribution in [1.29, 1.82) is 0 Å². The number of rotatable bonds is 9. The van der Waals surface area contributed by atoms with Crippen molar-refractivity contribution in [2.45, 2.75) is 110 Å². The first-order valence-corrected chi connectivity index (χ1v) is 36.2. The molecule has 7 aliphatic rings. The topological polar surface area (TPSA) is 322 Å². The molecule has 0 amide bonds. The van der Waals surface area contributed by atoms with Gasteiger partial charge in [-0.1, -0.05) is 52.9 Å². The Morgan fingerprint density at radius 3 is 1.46 bits per heavy atom. The number of amidine groups is 3. The van der Waals surface area contributed by atoms with Crippen LogP contribution < -0.4 is 26.6 Å². The van der Waals surface area contributed by atoms with Crippen molar-refractivity contribution in [2.24, 2.45) is 25.0 Å². The van der Waals surface area contributed by atoms with Gasteiger partial charge in [-0.15, -0.1) is 0 Å². The normalized spacial score (nSPS) is 15.0. The number of pyridine rings is 5. The minimum atomic E-state index is -0.345. The first-order valence-electron chi connectivity index (χ1n) is 36.2. The maximum Gasteiger partial charge on any atom is 0.178 e. The Balaban J connectivity index is 0.0000000960. The molecule has 2 saturated carbocycles. The first-order chi connectivity index (χ1) is 53.5. The van der Waals surface area contributed by atoms with Crippen molar-refractivity contribution in [2.75, 3.05) is 26.6 Å². The average Bonchev–Trinajstić information content (AvgIpc) is 1.67. The lowest BCUT2D eigenvalue weighted by molar-refractivity contribution is 0.375. The van der Waals surface area contributed by atoms with E-state index in [4.69, 9.17) is 13.6 Å². The van der Waals surface area contributed by atoms with E-state index in [1.807, 2.05) is 112 Å². The van der Waals surface area contributed by atoms with Gasteiger partial charge in [0.25, 0.3) is 0 Å². The first kappa shape index (κ1) is 67.3. The molecule has 5 aliphatic heterocycles. The molecule has 7 N–H and O–H groups in total. The Labute approximate surface area is 621 Å². The van der Waals surface area contributed by atoms with Crippen LogP contribution in [-0.4, -0.2) is 89.7 Å². The van der Waals surface area contributed by atoms with Crippen LogP contribution in [0, 0.1) is 18.6 Å². The molecule has 22 rings (SSSR count). The highest BCUT2D eigenvalue weighted by atomic mass is 19.1. The van der Waals surface area contributed by atoms with Crippen LogP contribution >= 0.6 is 0 Å². The van der Waals surface area contributed by atoms with Crippen molar-refractivity contribution in [3.63, 3.8) is 0 Å². The summed E-state index contributed by atoms with van der Waals surface area (Å²) in [6, 6.07) is 45.0. The molecule has 15 aromatic rings. The van der Waals surface area contributed by atoms with Gasteiger partial charge in [-0.2, -0.15) is 10.2 Å². The zero-order valence-electron chi connectivity index (χ0n) is 59.5. The molecule has 2 fully saturated rings. The molecule has 25 nitrogen and oxygen atoms in total. The van der Waals surface area contributed by atoms with Gasteiger partial charge in [-0.05, 0) is 161 Å². The van der Waals surface area contributed by atoms with Crippen molar-refractivity contribution in [1.82, 2.24) is 60.8 Å². The van der Waals surface area contributed by atoms with E-state index in [2.05, 4.69) is 149 Å². The third kappa shape index (κ3) is 13.8. The molecule has 27 heteroatoms. The molecule has 2 aliphatic carbocycles. The minimum absolute atomic E-state index is 0.324. The van der Waals surface area contributed by atoms with Gasteiger partial charge in [-0.3, -0.25) is 55.1 Å². The summed E-state index contributed by atoms with van der Waals surface area (Å²) in [5.41, 5.74) is 25.7. The molecular formula is C82H70F2N22O3. The fraction of sp³-hybridized carbons (Fsp3) is 0.207. The lowest BCUT2D eigenvalue weighted by Gasteiger charge is -2.22. The maximum atomic E-state index is 13.3. The molecule has 0 saturated heterocycles. The predicted octanol–water partition coefficient (Wildman–Crippen LogP) is 17.3. The number of aryl methyl sites for hydroxylation is 1. The van der Waals surface area contributed by atoms with Crippen LogP contribution in [-0.2, 0) is 32.7 Å². The Bertz CT molecular complexity index is 6190. The van der Waals surface area contributed by atoms with Crippen molar-refractivity contribution in [3.05, 3.63) is 255 Å². The van der Waals surface area contributed by atoms with Crippen LogP contribution in [0.15, 0.2) is 209 Å². The second kappa shape index (κ2) is 29.0. The summed E-state index contributed by atoms with van der Waals surface area (Å²) in [7, 11) is 0. The number of nitrogens with one attached hydrogen (secondary N) is 7. The number of benzene rings is 5. The van der Waals surface area contributed by atoms with Gasteiger partial charge in [0.15, 0.2) is 40.1 Å². The fourth-order valence-electron chi connectivity index (χ4n) is 14.5. The van der Waals surface area contributed by atoms with E-state index in [9.17, 15) is 8.78 Å². The number of aromatic amines is 2. The Morgan fingerprint density at radius 1 is 0.394 bits per heavy atom. The number of hydrogen-bond donors (Lipinski definition) is 7. The summed E-state index contributed by atoms with van der Waals surface area (Å²) in [4.78, 5) is 43.4. The van der Waals surface area contributed by atoms with Crippen molar-refractivity contribution >= 4 is 124 Å². The van der Waals surface area contributed by atoms with Crippen LogP contribution in [0.5, 0.6) is 0 Å². The Morgan fingerprint density at radius 2 is 0.862 bits per heavy atom. The lowest BCUT2D eigenvalue weighted by atomic mass is 9.82. The molecule has 109 heavy (non-hydrogen) atoms. The standard InChI is InChI=1S/C18H17N5O.C17H15N5O.2C16H13FN4.C15H12N4O/c1-2-5-11(4-1)16-13-8-7-12(10-15(13)24-23-16)20-18-17-14(21-22-18)6-3-9-19-17;1-3-10(4-1)15-12-7-6-11(9-14(12)23-22-15)19-17-16-13(20-21-17)5-2-8-18-16;1-9-14-5-13(3-2-10(14)6-18-9)21-16-15-11(7-20-16)4-12(17)8-19-15;1-9-13-5-12(3-2-10(13)6-18-9)21-16-14-4-11(17)7-19-15(14)8-20-16;1-9-12-5-4-11(7-13(12)20-19-9)18-15-14-10(8-17-15)3-2-6-16-14/h3,6-11H,1-2,4-5H2,(H2,20,21,22);2,5-10H,1,3-4H2,(H2,19,20,21);2-5,8H,6-7H2,1H3,(H,20,21);2-5,7H,6,8H2,1H3,(H,20,21);2-7H,8H2,1H3,(H,17,18). The number of H-pyrrole nitrogens is 2. The van der Waals surface area contributed by atoms with E-state index in [1.165, 1.54) is 86.2 Å². The van der Waals surface area contributed by atoms with Gasteiger partial charge < -0.3 is 40.2 Å². The third-order valence-corrected chi connectivity index (χ3v) is 20.5. The number of aromatic nitrogens is 12. The summed E-state index contributed by atoms with van der Waals surface area (Å²) in [5.74, 6) is 4.02. The highest BCUT2D eigenvalue weighted by Gasteiger charge is 2.28. The molecular weight excluding hydrogens is 1380 g/mol. The van der Waals surface area contributed by atoms with E-state index in [0.717, 1.165) is 170 Å². The van der Waals surface area contributed by atoms with Crippen molar-refractivity contribution in [3.8, 4) is 0 Å². The molecule has 0 bridgehead atoms. The van der Waals surface area contributed by atoms with Crippen molar-refractivity contribution < 1.29 is 22.4 Å². The smallest absolute Gasteiger partial charge is 0.178 e. The fourth-order valence-corrected chi connectivity index (χ4v) is 14.5. The zero-order chi connectivity index (χ0) is 73.5. The number of anilines is 7. The number of nitrogens with zero attached hydrogens (tertiary/aromatic N) is 15. The number of hydrogen-bond acceptors (Lipinski definition) is 23. The second-order valence-electron chi connectivity index (χ2n) is 27.6. The van der Waals surface area contributed by atoms with Crippen LogP contribution in [0.2, 0.25) is 0 Å². The Hall–Kier alpha value is -13.6. The van der Waals surface area contributed by atoms with E-state index < -0.39 is 0 Å². The number of halogens is 2. The molecule has 540 valence electrons. The second-order valence-corrected chi connectivity index (χ2v) is 27.6. The van der Waals surface area contributed by atoms with Crippen LogP contribution in [0.3, 0.4) is 0 Å². The molecule has 10 aromatic heterocycles. The molecule has 0 unspecified atom stereocenters. The summed E-state index contributed by atoms with van der Waals surface area (Å²) in [5, 5.41) is 46.8. The largest absolute Gasteiger partial charge is 0.356 e. The van der Waals surface area contributed by atoms with E-state index in [1.54, 1.807) is 18.6 Å². The van der Waals surface area contributed by atoms with E-state index in [0.29, 0.717) is 54.8 Å². The quantitative estimate of drug-likeness (QED) is 0.0706. The summed E-state index contributed by atoms with van der Waals surface area (Å²) < 4.78 is 42.9. The monoisotopic (exact) mass is 1450 g/mol. The number of fused-ring (bicyclic) bond motifs is 10. The zero-order valence-corrected chi connectivity index (χ0v) is 59.5. The number of aliphatic imine (C=N–C) groups is 5. The van der Waals surface area contributed by atoms with Crippen LogP contribution in [0.25, 0.3) is 55.0 Å². The SMILES string of the molecule is CC1=NCc2ccc(NC3=NCc4cc(F)cnc43)cc21.CC1=NCc2ccc(NC3=NCc4ncc(F)cc43)cc21.Cc1noc2cc(NC3=NCc4cccnc43)ccc12.c1cnc2c(Nc3ccc4c(C5CCC5)noc4c3)n[nH]c2c1.c1cnc2c(Nc3ccc4c(C5CCCC5)noc4c3)n[nH]c2c1. The summed E-state index contributed by atoms with van der Waals surface area (Å²) in [6.45, 7) is 9.10. The van der Waals surface area contributed by atoms with Gasteiger partial charge in [0.05, 0.1) is 78.9 Å². The highest BCUT2D eigenvalue weighted by molar-refractivity contribution is 6.13. The summed E-state index contributed by atoms with van der Waals surface area (Å²) in [6.07, 6.45) is 16.5. The van der Waals surface area contributed by atoms with E-state index >= 15 is 0 Å². The molecule has 0 atom stereocenters. The van der Waals surface area contributed by atoms with Gasteiger partial charge in [0.1, 0.15) is 39.9 Å². The molecule has 0 radical (unpaired) electrons. The minimum Gasteiger partial charge on any atom is -0.356 e. The lowest BCUT2D eigenvalue weighted by Crippen LogP contribution is -2.13. The van der Waals surface area contributed by atoms with Crippen LogP contribution in [0.4, 0.5) is 48.9 Å². The predicted molar refractivity (Wildman–Crippen MR) is 418 cm³/mol. The molecule has 15 heterocycles. The molecule has 0 spiro atoms. The van der Waals surface area contributed by atoms with Gasteiger partial charge in [0, 0.05) is 132 Å².